The maximum absolute atomic E-state index is 6.00. The number of hydrogen-bond acceptors (Lipinski definition) is 5. The van der Waals surface area contributed by atoms with E-state index < -0.39 is 5.66 Å². The molecule has 0 radical (unpaired) electrons. The molecular formula is C7H12N4O. The zero-order valence-electron chi connectivity index (χ0n) is 6.66. The van der Waals surface area contributed by atoms with E-state index >= 15 is 0 Å². The predicted octanol–water partition coefficient (Wildman–Crippen LogP) is -1.28. The first kappa shape index (κ1) is 7.57. The van der Waals surface area contributed by atoms with Crippen molar-refractivity contribution in [1.82, 2.24) is 5.32 Å². The summed E-state index contributed by atoms with van der Waals surface area (Å²) in [6, 6.07) is 0. The van der Waals surface area contributed by atoms with Gasteiger partial charge in [-0.1, -0.05) is 0 Å². The molecule has 0 aliphatic carbocycles. The van der Waals surface area contributed by atoms with Crippen LogP contribution in [0, 0.1) is 5.92 Å². The highest BCUT2D eigenvalue weighted by molar-refractivity contribution is 5.60. The van der Waals surface area contributed by atoms with Crippen LogP contribution in [0.1, 0.15) is 0 Å². The number of rotatable bonds is 1. The molecule has 1 atom stereocenters. The van der Waals surface area contributed by atoms with Gasteiger partial charge in [0.1, 0.15) is 0 Å². The standard InChI is InChI=1S/C7H12N4O/c8-6-1-10-4-11-7(6,9)5-2-12-3-5/h1,4-5H,2-3,8-9H2,(H,10,11). The van der Waals surface area contributed by atoms with Crippen molar-refractivity contribution >= 4 is 6.34 Å². The molecule has 0 aromatic carbocycles. The van der Waals surface area contributed by atoms with Crippen LogP contribution in [-0.4, -0.2) is 25.2 Å². The quantitative estimate of drug-likeness (QED) is 0.455. The minimum atomic E-state index is -0.747. The number of nitrogens with zero attached hydrogens (tertiary/aromatic N) is 1. The summed E-state index contributed by atoms with van der Waals surface area (Å²) < 4.78 is 5.04. The largest absolute Gasteiger partial charge is 0.398 e. The molecule has 5 heteroatoms. The van der Waals surface area contributed by atoms with Gasteiger partial charge in [0.25, 0.3) is 0 Å². The Morgan fingerprint density at radius 2 is 2.42 bits per heavy atom. The van der Waals surface area contributed by atoms with Gasteiger partial charge in [-0.2, -0.15) is 0 Å². The van der Waals surface area contributed by atoms with Crippen molar-refractivity contribution in [2.75, 3.05) is 13.2 Å². The summed E-state index contributed by atoms with van der Waals surface area (Å²) in [5, 5.41) is 2.79. The molecule has 1 saturated heterocycles. The Kier molecular flexibility index (Phi) is 1.55. The van der Waals surface area contributed by atoms with E-state index in [9.17, 15) is 0 Å². The van der Waals surface area contributed by atoms with E-state index in [1.807, 2.05) is 0 Å². The lowest BCUT2D eigenvalue weighted by Crippen LogP contribution is -2.58. The summed E-state index contributed by atoms with van der Waals surface area (Å²) in [7, 11) is 0. The number of nitrogens with two attached hydrogens (primary N) is 2. The molecule has 0 amide bonds. The molecule has 5 N–H and O–H groups in total. The van der Waals surface area contributed by atoms with E-state index in [0.717, 1.165) is 0 Å². The molecule has 2 heterocycles. The molecule has 5 nitrogen and oxygen atoms in total. The van der Waals surface area contributed by atoms with Crippen LogP contribution in [-0.2, 0) is 4.74 Å². The van der Waals surface area contributed by atoms with Gasteiger partial charge >= 0.3 is 0 Å². The zero-order chi connectivity index (χ0) is 8.60. The monoisotopic (exact) mass is 168 g/mol. The highest BCUT2D eigenvalue weighted by Gasteiger charge is 2.42. The van der Waals surface area contributed by atoms with Crippen LogP contribution in [0.25, 0.3) is 0 Å². The molecule has 0 aromatic heterocycles. The number of aliphatic imine (C=N–C) groups is 1. The second kappa shape index (κ2) is 2.46. The van der Waals surface area contributed by atoms with Crippen molar-refractivity contribution in [1.29, 1.82) is 0 Å². The second-order valence-corrected chi connectivity index (χ2v) is 3.08. The molecule has 2 aliphatic rings. The van der Waals surface area contributed by atoms with Gasteiger partial charge in [0, 0.05) is 12.1 Å². The third-order valence-electron chi connectivity index (χ3n) is 2.31. The summed E-state index contributed by atoms with van der Waals surface area (Å²) in [6.07, 6.45) is 3.24. The van der Waals surface area contributed by atoms with Crippen LogP contribution >= 0.6 is 0 Å². The van der Waals surface area contributed by atoms with Gasteiger partial charge in [-0.25, -0.2) is 4.99 Å². The SMILES string of the molecule is NC1=CNC=NC1(N)C1COC1. The molecule has 0 aromatic rings. The Morgan fingerprint density at radius 1 is 1.67 bits per heavy atom. The zero-order valence-corrected chi connectivity index (χ0v) is 6.66. The van der Waals surface area contributed by atoms with E-state index in [2.05, 4.69) is 10.3 Å². The highest BCUT2D eigenvalue weighted by Crippen LogP contribution is 2.28. The number of ether oxygens (including phenoxy) is 1. The van der Waals surface area contributed by atoms with Gasteiger partial charge in [0.2, 0.25) is 0 Å². The molecule has 0 bridgehead atoms. The van der Waals surface area contributed by atoms with Crippen molar-refractivity contribution in [3.63, 3.8) is 0 Å². The molecule has 2 aliphatic heterocycles. The first-order chi connectivity index (χ1) is 5.73. The summed E-state index contributed by atoms with van der Waals surface area (Å²) in [5.41, 5.74) is 11.5. The Hall–Kier alpha value is -1.07. The molecule has 1 unspecified atom stereocenters. The molecule has 0 saturated carbocycles. The summed E-state index contributed by atoms with van der Waals surface area (Å²) in [6.45, 7) is 1.28. The lowest BCUT2D eigenvalue weighted by atomic mass is 9.89. The van der Waals surface area contributed by atoms with E-state index in [1.165, 1.54) is 0 Å². The van der Waals surface area contributed by atoms with Crippen LogP contribution in [0.4, 0.5) is 0 Å². The first-order valence-corrected chi connectivity index (χ1v) is 3.86. The highest BCUT2D eigenvalue weighted by atomic mass is 16.5. The van der Waals surface area contributed by atoms with Gasteiger partial charge in [0.15, 0.2) is 5.66 Å². The minimum Gasteiger partial charge on any atom is -0.398 e. The van der Waals surface area contributed by atoms with Crippen LogP contribution in [0.15, 0.2) is 16.9 Å². The lowest BCUT2D eigenvalue weighted by molar-refractivity contribution is -0.0602. The summed E-state index contributed by atoms with van der Waals surface area (Å²) in [4.78, 5) is 4.13. The van der Waals surface area contributed by atoms with Crippen LogP contribution in [0.3, 0.4) is 0 Å². The maximum Gasteiger partial charge on any atom is 0.158 e. The van der Waals surface area contributed by atoms with Gasteiger partial charge in [-0.15, -0.1) is 0 Å². The number of hydrogen-bond donors (Lipinski definition) is 3. The van der Waals surface area contributed by atoms with E-state index in [-0.39, 0.29) is 5.92 Å². The van der Waals surface area contributed by atoms with Gasteiger partial charge in [-0.3, -0.25) is 0 Å². The predicted molar refractivity (Wildman–Crippen MR) is 45.1 cm³/mol. The van der Waals surface area contributed by atoms with Gasteiger partial charge < -0.3 is 21.5 Å². The average molecular weight is 168 g/mol. The van der Waals surface area contributed by atoms with E-state index in [1.54, 1.807) is 12.5 Å². The topological polar surface area (TPSA) is 85.7 Å². The normalized spacial score (nSPS) is 35.2. The molecule has 1 fully saturated rings. The van der Waals surface area contributed by atoms with Crippen molar-refractivity contribution in [2.24, 2.45) is 22.4 Å². The molecule has 2 rings (SSSR count). The summed E-state index contributed by atoms with van der Waals surface area (Å²) >= 11 is 0. The van der Waals surface area contributed by atoms with Crippen molar-refractivity contribution < 1.29 is 4.74 Å². The van der Waals surface area contributed by atoms with E-state index in [4.69, 9.17) is 16.2 Å². The fourth-order valence-electron chi connectivity index (χ4n) is 1.29. The van der Waals surface area contributed by atoms with Crippen LogP contribution in [0.2, 0.25) is 0 Å². The molecule has 66 valence electrons. The van der Waals surface area contributed by atoms with Gasteiger partial charge in [-0.05, 0) is 0 Å². The van der Waals surface area contributed by atoms with Crippen molar-refractivity contribution in [3.05, 3.63) is 11.9 Å². The van der Waals surface area contributed by atoms with Crippen LogP contribution < -0.4 is 16.8 Å². The summed E-state index contributed by atoms with van der Waals surface area (Å²) in [5.74, 6) is 0.215. The van der Waals surface area contributed by atoms with E-state index in [0.29, 0.717) is 18.9 Å². The third-order valence-corrected chi connectivity index (χ3v) is 2.31. The maximum atomic E-state index is 6.00. The average Bonchev–Trinajstić information content (AvgIpc) is 1.92. The fourth-order valence-corrected chi connectivity index (χ4v) is 1.29. The van der Waals surface area contributed by atoms with Gasteiger partial charge in [0.05, 0.1) is 25.2 Å². The molecule has 12 heavy (non-hydrogen) atoms. The lowest BCUT2D eigenvalue weighted by Gasteiger charge is -2.40. The second-order valence-electron chi connectivity index (χ2n) is 3.08. The van der Waals surface area contributed by atoms with Crippen LogP contribution in [0.5, 0.6) is 0 Å². The smallest absolute Gasteiger partial charge is 0.158 e. The van der Waals surface area contributed by atoms with Crippen molar-refractivity contribution in [3.8, 4) is 0 Å². The third kappa shape index (κ3) is 0.904. The molecular weight excluding hydrogens is 156 g/mol. The minimum absolute atomic E-state index is 0.215. The Bertz CT molecular complexity index is 246. The molecule has 0 spiro atoms. The first-order valence-electron chi connectivity index (χ1n) is 3.86. The Labute approximate surface area is 70.5 Å². The van der Waals surface area contributed by atoms with Crippen molar-refractivity contribution in [2.45, 2.75) is 5.66 Å². The number of nitrogens with one attached hydrogen (secondary N) is 1. The Morgan fingerprint density at radius 3 is 2.92 bits per heavy atom. The Balaban J connectivity index is 2.21. The fraction of sp³-hybridized carbons (Fsp3) is 0.571.